The maximum atomic E-state index is 11.8. The minimum atomic E-state index is -0.527. The summed E-state index contributed by atoms with van der Waals surface area (Å²) in [7, 11) is 0. The van der Waals surface area contributed by atoms with E-state index in [1.165, 1.54) is 0 Å². The molecule has 0 fully saturated rings. The summed E-state index contributed by atoms with van der Waals surface area (Å²) in [5.74, 6) is 0.106. The van der Waals surface area contributed by atoms with Gasteiger partial charge in [-0.3, -0.25) is 4.79 Å². The number of amides is 1. The van der Waals surface area contributed by atoms with Crippen LogP contribution in [0.2, 0.25) is 0 Å². The highest BCUT2D eigenvalue weighted by Crippen LogP contribution is 2.05. The molecule has 1 rings (SSSR count). The van der Waals surface area contributed by atoms with E-state index in [9.17, 15) is 9.90 Å². The van der Waals surface area contributed by atoms with Crippen LogP contribution < -0.4 is 11.1 Å². The van der Waals surface area contributed by atoms with E-state index in [-0.39, 0.29) is 17.9 Å². The lowest BCUT2D eigenvalue weighted by molar-refractivity contribution is -0.122. The fourth-order valence-corrected chi connectivity index (χ4v) is 2.03. The molecule has 4 nitrogen and oxygen atoms in total. The summed E-state index contributed by atoms with van der Waals surface area (Å²) in [5, 5.41) is 12.1. The SMILES string of the molecule is CC(O)CC(C)CNC(=O)[C@@H](N)Cc1ccccc1. The van der Waals surface area contributed by atoms with Crippen molar-refractivity contribution in [2.45, 2.75) is 38.8 Å². The third kappa shape index (κ3) is 6.36. The molecule has 0 aliphatic rings. The Labute approximate surface area is 115 Å². The van der Waals surface area contributed by atoms with Gasteiger partial charge in [-0.25, -0.2) is 0 Å². The van der Waals surface area contributed by atoms with Crippen LogP contribution in [0.4, 0.5) is 0 Å². The molecule has 0 bridgehead atoms. The van der Waals surface area contributed by atoms with E-state index in [0.717, 1.165) is 5.56 Å². The number of nitrogens with two attached hydrogens (primary N) is 1. The normalized spacial score (nSPS) is 15.6. The van der Waals surface area contributed by atoms with Crippen LogP contribution in [-0.4, -0.2) is 29.7 Å². The second-order valence-electron chi connectivity index (χ2n) is 5.23. The van der Waals surface area contributed by atoms with E-state index in [0.29, 0.717) is 19.4 Å². The number of carbonyl (C=O) groups excluding carboxylic acids is 1. The summed E-state index contributed by atoms with van der Waals surface area (Å²) in [5.41, 5.74) is 6.93. The molecular weight excluding hydrogens is 240 g/mol. The van der Waals surface area contributed by atoms with Crippen LogP contribution in [-0.2, 0) is 11.2 Å². The summed E-state index contributed by atoms with van der Waals surface area (Å²) < 4.78 is 0. The summed E-state index contributed by atoms with van der Waals surface area (Å²) in [4.78, 5) is 11.8. The maximum absolute atomic E-state index is 11.8. The molecule has 0 radical (unpaired) electrons. The highest BCUT2D eigenvalue weighted by molar-refractivity contribution is 5.81. The van der Waals surface area contributed by atoms with Gasteiger partial charge >= 0.3 is 0 Å². The van der Waals surface area contributed by atoms with Crippen molar-refractivity contribution < 1.29 is 9.90 Å². The van der Waals surface area contributed by atoms with Gasteiger partial charge in [0, 0.05) is 6.54 Å². The van der Waals surface area contributed by atoms with Crippen molar-refractivity contribution in [2.75, 3.05) is 6.54 Å². The fraction of sp³-hybridized carbons (Fsp3) is 0.533. The Hall–Kier alpha value is -1.39. The lowest BCUT2D eigenvalue weighted by Gasteiger charge is -2.17. The number of benzene rings is 1. The van der Waals surface area contributed by atoms with Crippen molar-refractivity contribution in [3.8, 4) is 0 Å². The third-order valence-corrected chi connectivity index (χ3v) is 3.00. The third-order valence-electron chi connectivity index (χ3n) is 3.00. The molecule has 106 valence electrons. The second-order valence-corrected chi connectivity index (χ2v) is 5.23. The Balaban J connectivity index is 2.33. The van der Waals surface area contributed by atoms with Gasteiger partial charge < -0.3 is 16.2 Å². The van der Waals surface area contributed by atoms with Crippen LogP contribution in [0, 0.1) is 5.92 Å². The first-order valence-corrected chi connectivity index (χ1v) is 6.74. The first-order valence-electron chi connectivity index (χ1n) is 6.74. The minimum Gasteiger partial charge on any atom is -0.393 e. The maximum Gasteiger partial charge on any atom is 0.237 e. The molecule has 0 saturated carbocycles. The number of nitrogens with one attached hydrogen (secondary N) is 1. The molecule has 0 aliphatic carbocycles. The van der Waals surface area contributed by atoms with Gasteiger partial charge in [-0.2, -0.15) is 0 Å². The summed E-state index contributed by atoms with van der Waals surface area (Å²) in [6.07, 6.45) is 0.871. The molecule has 0 heterocycles. The highest BCUT2D eigenvalue weighted by atomic mass is 16.3. The fourth-order valence-electron chi connectivity index (χ4n) is 2.03. The Morgan fingerprint density at radius 2 is 1.95 bits per heavy atom. The van der Waals surface area contributed by atoms with Crippen molar-refractivity contribution in [3.63, 3.8) is 0 Å². The van der Waals surface area contributed by atoms with Crippen molar-refractivity contribution in [2.24, 2.45) is 11.7 Å². The van der Waals surface area contributed by atoms with Crippen molar-refractivity contribution in [1.29, 1.82) is 0 Å². The van der Waals surface area contributed by atoms with Crippen molar-refractivity contribution in [3.05, 3.63) is 35.9 Å². The van der Waals surface area contributed by atoms with Crippen LogP contribution >= 0.6 is 0 Å². The van der Waals surface area contributed by atoms with Gasteiger partial charge in [0.1, 0.15) is 0 Å². The minimum absolute atomic E-state index is 0.138. The molecule has 3 atom stereocenters. The van der Waals surface area contributed by atoms with Gasteiger partial charge in [0.15, 0.2) is 0 Å². The predicted molar refractivity (Wildman–Crippen MR) is 76.6 cm³/mol. The average molecular weight is 264 g/mol. The van der Waals surface area contributed by atoms with Crippen molar-refractivity contribution >= 4 is 5.91 Å². The van der Waals surface area contributed by atoms with E-state index >= 15 is 0 Å². The van der Waals surface area contributed by atoms with Crippen LogP contribution in [0.25, 0.3) is 0 Å². The van der Waals surface area contributed by atoms with Gasteiger partial charge in [0.2, 0.25) is 5.91 Å². The first-order chi connectivity index (χ1) is 8.99. The second kappa shape index (κ2) is 7.92. The quantitative estimate of drug-likeness (QED) is 0.690. The molecule has 19 heavy (non-hydrogen) atoms. The first kappa shape index (κ1) is 15.7. The van der Waals surface area contributed by atoms with Crippen LogP contribution in [0.3, 0.4) is 0 Å². The standard InChI is InChI=1S/C15H24N2O2/c1-11(8-12(2)18)10-17-15(19)14(16)9-13-6-4-3-5-7-13/h3-7,11-12,14,18H,8-10,16H2,1-2H3,(H,17,19)/t11?,12?,14-/m0/s1. The summed E-state index contributed by atoms with van der Waals surface area (Å²) >= 11 is 0. The van der Waals surface area contributed by atoms with E-state index in [1.807, 2.05) is 37.3 Å². The molecule has 4 N–H and O–H groups in total. The highest BCUT2D eigenvalue weighted by Gasteiger charge is 2.15. The zero-order valence-electron chi connectivity index (χ0n) is 11.7. The number of hydrogen-bond donors (Lipinski definition) is 3. The molecule has 1 aromatic carbocycles. The van der Waals surface area contributed by atoms with Gasteiger partial charge in [-0.1, -0.05) is 37.3 Å². The molecule has 0 aromatic heterocycles. The van der Waals surface area contributed by atoms with E-state index in [4.69, 9.17) is 5.73 Å². The van der Waals surface area contributed by atoms with Crippen LogP contribution in [0.15, 0.2) is 30.3 Å². The van der Waals surface area contributed by atoms with E-state index in [2.05, 4.69) is 5.32 Å². The van der Waals surface area contributed by atoms with Gasteiger partial charge in [-0.15, -0.1) is 0 Å². The lowest BCUT2D eigenvalue weighted by atomic mass is 10.0. The molecule has 1 amide bonds. The molecule has 0 saturated heterocycles. The number of hydrogen-bond acceptors (Lipinski definition) is 3. The Morgan fingerprint density at radius 1 is 1.32 bits per heavy atom. The molecular formula is C15H24N2O2. The van der Waals surface area contributed by atoms with Crippen LogP contribution in [0.1, 0.15) is 25.8 Å². The summed E-state index contributed by atoms with van der Waals surface area (Å²) in [6.45, 7) is 4.29. The number of aliphatic hydroxyl groups is 1. The van der Waals surface area contributed by atoms with Gasteiger partial charge in [0.25, 0.3) is 0 Å². The zero-order chi connectivity index (χ0) is 14.3. The monoisotopic (exact) mass is 264 g/mol. The average Bonchev–Trinajstić information content (AvgIpc) is 2.36. The number of rotatable bonds is 7. The molecule has 0 spiro atoms. The molecule has 1 aromatic rings. The largest absolute Gasteiger partial charge is 0.393 e. The molecule has 4 heteroatoms. The van der Waals surface area contributed by atoms with Crippen LogP contribution in [0.5, 0.6) is 0 Å². The molecule has 2 unspecified atom stereocenters. The Kier molecular flexibility index (Phi) is 6.53. The Bertz CT molecular complexity index is 379. The number of aliphatic hydroxyl groups excluding tert-OH is 1. The Morgan fingerprint density at radius 3 is 2.53 bits per heavy atom. The lowest BCUT2D eigenvalue weighted by Crippen LogP contribution is -2.43. The predicted octanol–water partition coefficient (Wildman–Crippen LogP) is 1.08. The zero-order valence-corrected chi connectivity index (χ0v) is 11.7. The van der Waals surface area contributed by atoms with Crippen molar-refractivity contribution in [1.82, 2.24) is 5.32 Å². The van der Waals surface area contributed by atoms with Gasteiger partial charge in [-0.05, 0) is 31.2 Å². The topological polar surface area (TPSA) is 75.3 Å². The van der Waals surface area contributed by atoms with E-state index < -0.39 is 6.04 Å². The van der Waals surface area contributed by atoms with E-state index in [1.54, 1.807) is 6.92 Å². The van der Waals surface area contributed by atoms with Gasteiger partial charge in [0.05, 0.1) is 12.1 Å². The number of carbonyl (C=O) groups is 1. The summed E-state index contributed by atoms with van der Waals surface area (Å²) in [6, 6.07) is 9.20. The smallest absolute Gasteiger partial charge is 0.237 e. The molecule has 0 aliphatic heterocycles.